The van der Waals surface area contributed by atoms with Gasteiger partial charge in [-0.05, 0) is 44.7 Å². The van der Waals surface area contributed by atoms with E-state index in [1.165, 1.54) is 0 Å². The number of sulfone groups is 1. The minimum absolute atomic E-state index is 0.0726. The average Bonchev–Trinajstić information content (AvgIpc) is 2.67. The van der Waals surface area contributed by atoms with Gasteiger partial charge in [0.15, 0.2) is 9.84 Å². The lowest BCUT2D eigenvalue weighted by Gasteiger charge is -2.19. The summed E-state index contributed by atoms with van der Waals surface area (Å²) < 4.78 is 23.9. The number of nitrogens with zero attached hydrogens (tertiary/aromatic N) is 2. The van der Waals surface area contributed by atoms with Crippen LogP contribution in [0.3, 0.4) is 0 Å². The summed E-state index contributed by atoms with van der Waals surface area (Å²) >= 11 is 0. The van der Waals surface area contributed by atoms with Gasteiger partial charge in [-0.1, -0.05) is 54.6 Å². The first-order valence-electron chi connectivity index (χ1n) is 9.41. The summed E-state index contributed by atoms with van der Waals surface area (Å²) in [4.78, 5) is 9.03. The van der Waals surface area contributed by atoms with Crippen LogP contribution in [0.25, 0.3) is 11.3 Å². The number of hydrogen-bond acceptors (Lipinski definition) is 4. The average molecular weight is 395 g/mol. The molecule has 0 aliphatic carbocycles. The Labute approximate surface area is 167 Å². The Kier molecular flexibility index (Phi) is 5.94. The molecule has 2 aromatic carbocycles. The van der Waals surface area contributed by atoms with Crippen LogP contribution in [0.5, 0.6) is 0 Å². The Morgan fingerprint density at radius 1 is 0.786 bits per heavy atom. The van der Waals surface area contributed by atoms with E-state index in [1.807, 2.05) is 67.0 Å². The number of benzene rings is 2. The van der Waals surface area contributed by atoms with E-state index in [-0.39, 0.29) is 5.75 Å². The SMILES string of the molecule is CC(C)(C)S(=O)(=O)Cc1ccc(CCc2cnc(-c3ccccc3)cn2)cc1. The monoisotopic (exact) mass is 394 g/mol. The maximum Gasteiger partial charge on any atom is 0.159 e. The molecule has 0 aliphatic heterocycles. The normalized spacial score (nSPS) is 12.1. The number of hydrogen-bond donors (Lipinski definition) is 0. The third-order valence-electron chi connectivity index (χ3n) is 4.76. The molecule has 0 bridgehead atoms. The second kappa shape index (κ2) is 8.23. The van der Waals surface area contributed by atoms with Crippen molar-refractivity contribution in [2.75, 3.05) is 0 Å². The molecule has 4 nitrogen and oxygen atoms in total. The molecule has 28 heavy (non-hydrogen) atoms. The van der Waals surface area contributed by atoms with Gasteiger partial charge in [0.1, 0.15) is 0 Å². The molecule has 5 heteroatoms. The standard InChI is InChI=1S/C23H26N2O2S/c1-23(2,3)28(26,27)17-19-11-9-18(10-12-19)13-14-21-15-25-22(16-24-21)20-7-5-4-6-8-20/h4-12,15-16H,13-14,17H2,1-3H3. The Balaban J connectivity index is 1.59. The first-order chi connectivity index (χ1) is 13.2. The molecule has 0 saturated heterocycles. The highest BCUT2D eigenvalue weighted by Crippen LogP contribution is 2.21. The van der Waals surface area contributed by atoms with Crippen molar-refractivity contribution in [2.45, 2.75) is 44.1 Å². The highest BCUT2D eigenvalue weighted by atomic mass is 32.2. The van der Waals surface area contributed by atoms with E-state index in [2.05, 4.69) is 9.97 Å². The predicted octanol–water partition coefficient (Wildman–Crippen LogP) is 4.64. The largest absolute Gasteiger partial charge is 0.257 e. The molecule has 0 spiro atoms. The van der Waals surface area contributed by atoms with Crippen LogP contribution in [0.4, 0.5) is 0 Å². The van der Waals surface area contributed by atoms with Crippen LogP contribution in [0.15, 0.2) is 67.0 Å². The van der Waals surface area contributed by atoms with Crippen LogP contribution < -0.4 is 0 Å². The summed E-state index contributed by atoms with van der Waals surface area (Å²) in [5, 5.41) is 0. The maximum absolute atomic E-state index is 12.3. The van der Waals surface area contributed by atoms with E-state index in [9.17, 15) is 8.42 Å². The molecular formula is C23H26N2O2S. The fourth-order valence-corrected chi connectivity index (χ4v) is 3.82. The Morgan fingerprint density at radius 3 is 2.00 bits per heavy atom. The first kappa shape index (κ1) is 20.2. The predicted molar refractivity (Wildman–Crippen MR) is 114 cm³/mol. The van der Waals surface area contributed by atoms with E-state index in [0.717, 1.165) is 40.9 Å². The van der Waals surface area contributed by atoms with Crippen molar-refractivity contribution in [3.05, 3.63) is 83.8 Å². The summed E-state index contributed by atoms with van der Waals surface area (Å²) in [6, 6.07) is 17.8. The fraction of sp³-hybridized carbons (Fsp3) is 0.304. The molecule has 0 N–H and O–H groups in total. The van der Waals surface area contributed by atoms with E-state index < -0.39 is 14.6 Å². The maximum atomic E-state index is 12.3. The third kappa shape index (κ3) is 5.04. The smallest absolute Gasteiger partial charge is 0.159 e. The van der Waals surface area contributed by atoms with Crippen LogP contribution in [0.1, 0.15) is 37.6 Å². The van der Waals surface area contributed by atoms with Gasteiger partial charge in [-0.3, -0.25) is 9.97 Å². The summed E-state index contributed by atoms with van der Waals surface area (Å²) in [5.41, 5.74) is 4.85. The van der Waals surface area contributed by atoms with Crippen molar-refractivity contribution in [1.82, 2.24) is 9.97 Å². The lowest BCUT2D eigenvalue weighted by Crippen LogP contribution is -2.29. The Hall–Kier alpha value is -2.53. The minimum Gasteiger partial charge on any atom is -0.257 e. The van der Waals surface area contributed by atoms with Gasteiger partial charge >= 0.3 is 0 Å². The van der Waals surface area contributed by atoms with Crippen LogP contribution in [0.2, 0.25) is 0 Å². The van der Waals surface area contributed by atoms with Gasteiger partial charge < -0.3 is 0 Å². The third-order valence-corrected chi connectivity index (χ3v) is 7.34. The Morgan fingerprint density at radius 2 is 1.43 bits per heavy atom. The quantitative estimate of drug-likeness (QED) is 0.611. The molecule has 1 heterocycles. The van der Waals surface area contributed by atoms with Crippen molar-refractivity contribution in [3.8, 4) is 11.3 Å². The molecule has 0 saturated carbocycles. The first-order valence-corrected chi connectivity index (χ1v) is 11.1. The molecule has 0 unspecified atom stereocenters. The van der Waals surface area contributed by atoms with Crippen LogP contribution >= 0.6 is 0 Å². The lowest BCUT2D eigenvalue weighted by atomic mass is 10.1. The van der Waals surface area contributed by atoms with Crippen LogP contribution in [0, 0.1) is 0 Å². The number of aryl methyl sites for hydroxylation is 2. The van der Waals surface area contributed by atoms with Crippen LogP contribution in [-0.2, 0) is 28.4 Å². The second-order valence-corrected chi connectivity index (χ2v) is 10.7. The fourth-order valence-electron chi connectivity index (χ4n) is 2.75. The van der Waals surface area contributed by atoms with E-state index >= 15 is 0 Å². The summed E-state index contributed by atoms with van der Waals surface area (Å²) in [6.07, 6.45) is 5.27. The molecule has 0 amide bonds. The van der Waals surface area contributed by atoms with Crippen molar-refractivity contribution < 1.29 is 8.42 Å². The molecule has 1 aromatic heterocycles. The van der Waals surface area contributed by atoms with Crippen molar-refractivity contribution in [3.63, 3.8) is 0 Å². The van der Waals surface area contributed by atoms with Gasteiger partial charge in [-0.2, -0.15) is 0 Å². The zero-order valence-corrected chi connectivity index (χ0v) is 17.4. The number of aromatic nitrogens is 2. The van der Waals surface area contributed by atoms with Crippen molar-refractivity contribution in [1.29, 1.82) is 0 Å². The van der Waals surface area contributed by atoms with E-state index in [4.69, 9.17) is 0 Å². The molecule has 0 radical (unpaired) electrons. The summed E-state index contributed by atoms with van der Waals surface area (Å²) in [5.74, 6) is 0.0726. The zero-order chi connectivity index (χ0) is 20.2. The molecule has 3 aromatic rings. The zero-order valence-electron chi connectivity index (χ0n) is 16.6. The lowest BCUT2D eigenvalue weighted by molar-refractivity contribution is 0.559. The van der Waals surface area contributed by atoms with Gasteiger partial charge in [0.25, 0.3) is 0 Å². The van der Waals surface area contributed by atoms with Gasteiger partial charge in [0.05, 0.1) is 28.1 Å². The molecule has 146 valence electrons. The summed E-state index contributed by atoms with van der Waals surface area (Å²) in [7, 11) is -3.16. The van der Waals surface area contributed by atoms with Gasteiger partial charge in [-0.25, -0.2) is 8.42 Å². The van der Waals surface area contributed by atoms with Crippen molar-refractivity contribution in [2.24, 2.45) is 0 Å². The number of rotatable bonds is 6. The van der Waals surface area contributed by atoms with Gasteiger partial charge in [0.2, 0.25) is 0 Å². The van der Waals surface area contributed by atoms with Crippen LogP contribution in [-0.4, -0.2) is 23.1 Å². The highest BCUT2D eigenvalue weighted by Gasteiger charge is 2.28. The van der Waals surface area contributed by atoms with Crippen molar-refractivity contribution >= 4 is 9.84 Å². The molecule has 3 rings (SSSR count). The van der Waals surface area contributed by atoms with E-state index in [0.29, 0.717) is 0 Å². The molecular weight excluding hydrogens is 368 g/mol. The topological polar surface area (TPSA) is 59.9 Å². The van der Waals surface area contributed by atoms with E-state index in [1.54, 1.807) is 20.8 Å². The molecule has 0 atom stereocenters. The van der Waals surface area contributed by atoms with Gasteiger partial charge in [-0.15, -0.1) is 0 Å². The summed E-state index contributed by atoms with van der Waals surface area (Å²) in [6.45, 7) is 5.21. The molecule has 0 aliphatic rings. The Bertz CT molecular complexity index is 1000. The minimum atomic E-state index is -3.16. The molecule has 0 fully saturated rings. The highest BCUT2D eigenvalue weighted by molar-refractivity contribution is 7.91. The second-order valence-electron chi connectivity index (χ2n) is 7.95. The van der Waals surface area contributed by atoms with Gasteiger partial charge in [0, 0.05) is 11.8 Å².